The molecule has 0 radical (unpaired) electrons. The van der Waals surface area contributed by atoms with E-state index in [4.69, 9.17) is 25.5 Å². The lowest BCUT2D eigenvalue weighted by Crippen LogP contribution is -2.43. The van der Waals surface area contributed by atoms with Crippen molar-refractivity contribution in [3.05, 3.63) is 35.4 Å². The average Bonchev–Trinajstić information content (AvgIpc) is 2.63. The van der Waals surface area contributed by atoms with Gasteiger partial charge in [0.2, 0.25) is 0 Å². The smallest absolute Gasteiger partial charge is 0.377 e. The van der Waals surface area contributed by atoms with Crippen LogP contribution in [0.1, 0.15) is 25.0 Å². The second kappa shape index (κ2) is 11.2. The maximum Gasteiger partial charge on any atom is 0.500 e. The van der Waals surface area contributed by atoms with Crippen molar-refractivity contribution in [3.63, 3.8) is 0 Å². The van der Waals surface area contributed by atoms with E-state index in [-0.39, 0.29) is 0 Å². The number of thiocarbonyl (C=S) groups is 1. The number of nitrogens with zero attached hydrogens (tertiary/aromatic N) is 1. The maximum absolute atomic E-state index is 5.47. The van der Waals surface area contributed by atoms with Gasteiger partial charge in [-0.1, -0.05) is 48.2 Å². The minimum atomic E-state index is -2.49. The molecule has 0 atom stereocenters. The number of rotatable bonds is 10. The molecule has 0 aliphatic heterocycles. The molecule has 1 rings (SSSR count). The van der Waals surface area contributed by atoms with Crippen LogP contribution in [0.25, 0.3) is 0 Å². The highest BCUT2D eigenvalue weighted by Gasteiger charge is 2.37. The van der Waals surface area contributed by atoms with Crippen molar-refractivity contribution in [3.8, 4) is 0 Å². The van der Waals surface area contributed by atoms with Gasteiger partial charge < -0.3 is 18.2 Å². The molecule has 136 valence electrons. The fraction of sp³-hybridized carbons (Fsp3) is 0.588. The molecule has 0 N–H and O–H groups in total. The van der Waals surface area contributed by atoms with Crippen LogP contribution in [0.3, 0.4) is 0 Å². The first kappa shape index (κ1) is 21.6. The van der Waals surface area contributed by atoms with Crippen molar-refractivity contribution in [2.24, 2.45) is 0 Å². The van der Waals surface area contributed by atoms with Gasteiger partial charge in [-0.3, -0.25) is 0 Å². The van der Waals surface area contributed by atoms with Gasteiger partial charge in [0.05, 0.1) is 0 Å². The van der Waals surface area contributed by atoms with Crippen LogP contribution in [0.2, 0.25) is 6.04 Å². The molecule has 0 amide bonds. The summed E-state index contributed by atoms with van der Waals surface area (Å²) in [5.74, 6) is 0.905. The third-order valence-corrected chi connectivity index (χ3v) is 8.38. The molecule has 0 aliphatic rings. The van der Waals surface area contributed by atoms with Gasteiger partial charge in [0.15, 0.2) is 0 Å². The Kier molecular flexibility index (Phi) is 10.1. The minimum Gasteiger partial charge on any atom is -0.377 e. The molecule has 0 saturated carbocycles. The molecular weight excluding hydrogens is 358 g/mol. The highest BCUT2D eigenvalue weighted by Crippen LogP contribution is 2.20. The van der Waals surface area contributed by atoms with E-state index in [0.717, 1.165) is 35.6 Å². The summed E-state index contributed by atoms with van der Waals surface area (Å²) in [6, 6.07) is 9.44. The molecule has 0 unspecified atom stereocenters. The standard InChI is InChI=1S/C17H29NO3S2Si/c1-6-18(7-2)17(22)23-14-16-10-8-15(9-11-16)12-13-24(19-3,20-4)21-5/h8-11H,6-7,12-14H2,1-5H3. The van der Waals surface area contributed by atoms with Crippen molar-refractivity contribution < 1.29 is 13.3 Å². The van der Waals surface area contributed by atoms with Gasteiger partial charge in [0, 0.05) is 46.2 Å². The Morgan fingerprint density at radius 3 is 1.96 bits per heavy atom. The number of aryl methyl sites for hydroxylation is 1. The zero-order valence-corrected chi connectivity index (χ0v) is 18.0. The maximum atomic E-state index is 5.47. The molecule has 0 bridgehead atoms. The van der Waals surface area contributed by atoms with Gasteiger partial charge in [0.1, 0.15) is 4.32 Å². The lowest BCUT2D eigenvalue weighted by molar-refractivity contribution is 0.123. The van der Waals surface area contributed by atoms with Crippen molar-refractivity contribution in [2.75, 3.05) is 34.4 Å². The van der Waals surface area contributed by atoms with E-state index in [1.807, 2.05) is 0 Å². The van der Waals surface area contributed by atoms with Gasteiger partial charge in [-0.15, -0.1) is 0 Å². The molecule has 0 spiro atoms. The summed E-state index contributed by atoms with van der Waals surface area (Å²) in [4.78, 5) is 2.21. The summed E-state index contributed by atoms with van der Waals surface area (Å²) < 4.78 is 17.4. The molecule has 0 aromatic heterocycles. The van der Waals surface area contributed by atoms with E-state index in [1.54, 1.807) is 33.1 Å². The van der Waals surface area contributed by atoms with Crippen LogP contribution >= 0.6 is 24.0 Å². The monoisotopic (exact) mass is 387 g/mol. The highest BCUT2D eigenvalue weighted by molar-refractivity contribution is 8.22. The third kappa shape index (κ3) is 6.46. The van der Waals surface area contributed by atoms with E-state index in [0.29, 0.717) is 0 Å². The number of hydrogen-bond acceptors (Lipinski definition) is 5. The van der Waals surface area contributed by atoms with E-state index in [9.17, 15) is 0 Å². The predicted octanol–water partition coefficient (Wildman–Crippen LogP) is 3.97. The van der Waals surface area contributed by atoms with Gasteiger partial charge >= 0.3 is 8.80 Å². The fourth-order valence-corrected chi connectivity index (χ4v) is 5.44. The lowest BCUT2D eigenvalue weighted by atomic mass is 10.1. The largest absolute Gasteiger partial charge is 0.500 e. The van der Waals surface area contributed by atoms with Gasteiger partial charge in [-0.2, -0.15) is 0 Å². The summed E-state index contributed by atoms with van der Waals surface area (Å²) in [7, 11) is 2.46. The molecule has 0 saturated heterocycles. The van der Waals surface area contributed by atoms with Crippen molar-refractivity contribution >= 4 is 37.1 Å². The zero-order valence-electron chi connectivity index (χ0n) is 15.3. The zero-order chi connectivity index (χ0) is 18.0. The molecule has 7 heteroatoms. The Hall–Kier alpha value is -0.443. The second-order valence-corrected chi connectivity index (χ2v) is 10.0. The topological polar surface area (TPSA) is 30.9 Å². The molecule has 0 aliphatic carbocycles. The molecule has 0 fully saturated rings. The number of hydrogen-bond donors (Lipinski definition) is 0. The van der Waals surface area contributed by atoms with Crippen molar-refractivity contribution in [1.29, 1.82) is 0 Å². The van der Waals surface area contributed by atoms with Gasteiger partial charge in [-0.25, -0.2) is 0 Å². The summed E-state index contributed by atoms with van der Waals surface area (Å²) in [6.45, 7) is 6.19. The van der Waals surface area contributed by atoms with E-state index in [1.165, 1.54) is 11.1 Å². The summed E-state index contributed by atoms with van der Waals surface area (Å²) >= 11 is 7.20. The van der Waals surface area contributed by atoms with Crippen LogP contribution < -0.4 is 0 Å². The summed E-state index contributed by atoms with van der Waals surface area (Å²) in [6.07, 6.45) is 0.882. The SMILES string of the molecule is CCN(CC)C(=S)SCc1ccc(CC[Si](OC)(OC)OC)cc1. The molecule has 1 aromatic rings. The van der Waals surface area contributed by atoms with Crippen molar-refractivity contribution in [1.82, 2.24) is 4.90 Å². The number of benzene rings is 1. The van der Waals surface area contributed by atoms with E-state index in [2.05, 4.69) is 43.0 Å². The van der Waals surface area contributed by atoms with Gasteiger partial charge in [0.25, 0.3) is 0 Å². The van der Waals surface area contributed by atoms with E-state index < -0.39 is 8.80 Å². The first-order chi connectivity index (χ1) is 11.5. The highest BCUT2D eigenvalue weighted by atomic mass is 32.2. The first-order valence-corrected chi connectivity index (χ1v) is 11.5. The molecule has 0 heterocycles. The Morgan fingerprint density at radius 1 is 1.00 bits per heavy atom. The quantitative estimate of drug-likeness (QED) is 0.446. The van der Waals surface area contributed by atoms with Crippen molar-refractivity contribution in [2.45, 2.75) is 32.1 Å². The van der Waals surface area contributed by atoms with Crippen LogP contribution in [0.4, 0.5) is 0 Å². The lowest BCUT2D eigenvalue weighted by Gasteiger charge is -2.24. The molecule has 4 nitrogen and oxygen atoms in total. The predicted molar refractivity (Wildman–Crippen MR) is 109 cm³/mol. The first-order valence-electron chi connectivity index (χ1n) is 8.19. The Morgan fingerprint density at radius 2 is 1.50 bits per heavy atom. The average molecular weight is 388 g/mol. The van der Waals surface area contributed by atoms with Crippen LogP contribution in [0.15, 0.2) is 24.3 Å². The minimum absolute atomic E-state index is 0.774. The number of thioether (sulfide) groups is 1. The Labute approximate surface area is 157 Å². The Balaban J connectivity index is 2.53. The molecule has 24 heavy (non-hydrogen) atoms. The van der Waals surface area contributed by atoms with E-state index >= 15 is 0 Å². The third-order valence-electron chi connectivity index (χ3n) is 4.06. The molecule has 1 aromatic carbocycles. The van der Waals surface area contributed by atoms with Crippen LogP contribution in [0.5, 0.6) is 0 Å². The van der Waals surface area contributed by atoms with Gasteiger partial charge in [-0.05, 0) is 31.4 Å². The second-order valence-electron chi connectivity index (χ2n) is 5.34. The normalized spacial score (nSPS) is 11.5. The Bertz CT molecular complexity index is 483. The van der Waals surface area contributed by atoms with Crippen LogP contribution in [-0.2, 0) is 25.5 Å². The fourth-order valence-electron chi connectivity index (χ4n) is 2.37. The summed E-state index contributed by atoms with van der Waals surface area (Å²) in [5, 5.41) is 0. The summed E-state index contributed by atoms with van der Waals surface area (Å²) in [5.41, 5.74) is 2.55. The van der Waals surface area contributed by atoms with Crippen LogP contribution in [-0.4, -0.2) is 52.4 Å². The molecular formula is C17H29NO3S2Si. The van der Waals surface area contributed by atoms with Crippen LogP contribution in [0, 0.1) is 0 Å².